The number of hydrogen-bond acceptors (Lipinski definition) is 6. The Labute approximate surface area is 152 Å². The average Bonchev–Trinajstić information content (AvgIpc) is 3.19. The van der Waals surface area contributed by atoms with Crippen LogP contribution in [0.4, 0.5) is 5.82 Å². The van der Waals surface area contributed by atoms with Gasteiger partial charge in [-0.1, -0.05) is 0 Å². The van der Waals surface area contributed by atoms with Gasteiger partial charge in [-0.15, -0.1) is 0 Å². The molecule has 0 radical (unpaired) electrons. The third kappa shape index (κ3) is 3.45. The Hall–Kier alpha value is -2.74. The van der Waals surface area contributed by atoms with Crippen molar-refractivity contribution in [3.8, 4) is 5.82 Å². The molecule has 0 saturated carbocycles. The van der Waals surface area contributed by atoms with E-state index in [1.807, 2.05) is 48.6 Å². The molecule has 4 rings (SSSR count). The first-order valence-electron chi connectivity index (χ1n) is 8.80. The summed E-state index contributed by atoms with van der Waals surface area (Å²) < 4.78 is 9.67. The second-order valence-corrected chi connectivity index (χ2v) is 6.75. The molecule has 1 atom stereocenters. The molecule has 1 fully saturated rings. The van der Waals surface area contributed by atoms with E-state index in [4.69, 9.17) is 9.72 Å². The fourth-order valence-corrected chi connectivity index (χ4v) is 3.27. The predicted molar refractivity (Wildman–Crippen MR) is 97.5 cm³/mol. The first-order valence-corrected chi connectivity index (χ1v) is 8.80. The van der Waals surface area contributed by atoms with Crippen molar-refractivity contribution in [1.29, 1.82) is 0 Å². The highest BCUT2D eigenvalue weighted by atomic mass is 16.5. The van der Waals surface area contributed by atoms with Crippen LogP contribution in [0.2, 0.25) is 0 Å². The highest BCUT2D eigenvalue weighted by molar-refractivity contribution is 5.40. The van der Waals surface area contributed by atoms with Crippen LogP contribution in [0.5, 0.6) is 0 Å². The van der Waals surface area contributed by atoms with Gasteiger partial charge in [0.2, 0.25) is 0 Å². The molecule has 3 aromatic rings. The van der Waals surface area contributed by atoms with Gasteiger partial charge in [0.05, 0.1) is 43.5 Å². The van der Waals surface area contributed by atoms with Gasteiger partial charge in [0.25, 0.3) is 0 Å². The van der Waals surface area contributed by atoms with E-state index in [0.717, 1.165) is 48.2 Å². The van der Waals surface area contributed by atoms with Gasteiger partial charge in [0.1, 0.15) is 5.82 Å². The highest BCUT2D eigenvalue weighted by Crippen LogP contribution is 2.18. The van der Waals surface area contributed by atoms with Gasteiger partial charge in [-0.3, -0.25) is 9.67 Å². The summed E-state index contributed by atoms with van der Waals surface area (Å²) in [5.74, 6) is 1.58. The van der Waals surface area contributed by atoms with Gasteiger partial charge < -0.3 is 9.64 Å². The number of anilines is 1. The van der Waals surface area contributed by atoms with Crippen LogP contribution < -0.4 is 4.90 Å². The molecule has 0 aromatic carbocycles. The Morgan fingerprint density at radius 1 is 1.15 bits per heavy atom. The van der Waals surface area contributed by atoms with E-state index in [2.05, 4.69) is 20.1 Å². The van der Waals surface area contributed by atoms with E-state index >= 15 is 0 Å². The van der Waals surface area contributed by atoms with Crippen molar-refractivity contribution in [1.82, 2.24) is 29.5 Å². The zero-order valence-corrected chi connectivity index (χ0v) is 15.3. The molecule has 0 spiro atoms. The summed E-state index contributed by atoms with van der Waals surface area (Å²) in [4.78, 5) is 11.4. The fraction of sp³-hybridized carbons (Fsp3) is 0.444. The van der Waals surface area contributed by atoms with Crippen molar-refractivity contribution < 1.29 is 4.74 Å². The summed E-state index contributed by atoms with van der Waals surface area (Å²) in [5, 5.41) is 8.85. The summed E-state index contributed by atoms with van der Waals surface area (Å²) in [5.41, 5.74) is 3.17. The van der Waals surface area contributed by atoms with Crippen LogP contribution in [0.15, 0.2) is 30.9 Å². The smallest absolute Gasteiger partial charge is 0.174 e. The quantitative estimate of drug-likeness (QED) is 0.711. The van der Waals surface area contributed by atoms with Crippen molar-refractivity contribution in [3.05, 3.63) is 47.8 Å². The van der Waals surface area contributed by atoms with Gasteiger partial charge >= 0.3 is 0 Å². The molecule has 8 nitrogen and oxygen atoms in total. The summed E-state index contributed by atoms with van der Waals surface area (Å²) in [6.07, 6.45) is 7.51. The molecule has 0 aliphatic carbocycles. The van der Waals surface area contributed by atoms with E-state index in [9.17, 15) is 0 Å². The number of nitrogens with zero attached hydrogens (tertiary/aromatic N) is 7. The predicted octanol–water partition coefficient (Wildman–Crippen LogP) is 1.69. The van der Waals surface area contributed by atoms with Crippen LogP contribution in [-0.4, -0.2) is 55.3 Å². The van der Waals surface area contributed by atoms with E-state index in [0.29, 0.717) is 6.61 Å². The molecule has 1 unspecified atom stereocenters. The van der Waals surface area contributed by atoms with Crippen molar-refractivity contribution in [2.75, 3.05) is 24.6 Å². The molecule has 0 amide bonds. The largest absolute Gasteiger partial charge is 0.373 e. The van der Waals surface area contributed by atoms with Gasteiger partial charge in [0, 0.05) is 25.0 Å². The Bertz CT molecular complexity index is 901. The Morgan fingerprint density at radius 2 is 2.00 bits per heavy atom. The Balaban J connectivity index is 1.51. The minimum absolute atomic E-state index is 0.0715. The zero-order chi connectivity index (χ0) is 18.1. The maximum Gasteiger partial charge on any atom is 0.174 e. The van der Waals surface area contributed by atoms with Crippen molar-refractivity contribution in [3.63, 3.8) is 0 Å². The van der Waals surface area contributed by atoms with Gasteiger partial charge in [-0.25, -0.2) is 9.67 Å². The average molecular weight is 353 g/mol. The molecule has 1 aliphatic heterocycles. The Kier molecular flexibility index (Phi) is 4.42. The molecule has 8 heteroatoms. The lowest BCUT2D eigenvalue weighted by molar-refractivity contribution is 0.0271. The van der Waals surface area contributed by atoms with Crippen LogP contribution in [0.3, 0.4) is 0 Å². The number of aryl methyl sites for hydroxylation is 3. The third-order valence-corrected chi connectivity index (χ3v) is 4.45. The van der Waals surface area contributed by atoms with E-state index in [1.54, 1.807) is 12.4 Å². The number of ether oxygens (including phenoxy) is 1. The molecule has 3 aromatic heterocycles. The molecule has 0 bridgehead atoms. The van der Waals surface area contributed by atoms with Gasteiger partial charge in [0.15, 0.2) is 5.82 Å². The normalized spacial score (nSPS) is 17.7. The zero-order valence-electron chi connectivity index (χ0n) is 15.3. The monoisotopic (exact) mass is 353 g/mol. The lowest BCUT2D eigenvalue weighted by atomic mass is 10.2. The topological polar surface area (TPSA) is 73.9 Å². The molecular formula is C18H23N7O. The number of aromatic nitrogens is 6. The van der Waals surface area contributed by atoms with Crippen LogP contribution >= 0.6 is 0 Å². The molecule has 26 heavy (non-hydrogen) atoms. The van der Waals surface area contributed by atoms with E-state index in [-0.39, 0.29) is 6.10 Å². The highest BCUT2D eigenvalue weighted by Gasteiger charge is 2.23. The van der Waals surface area contributed by atoms with E-state index < -0.39 is 0 Å². The summed E-state index contributed by atoms with van der Waals surface area (Å²) in [6, 6.07) is 2.03. The summed E-state index contributed by atoms with van der Waals surface area (Å²) in [6.45, 7) is 8.98. The third-order valence-electron chi connectivity index (χ3n) is 4.45. The minimum atomic E-state index is 0.0715. The number of rotatable bonds is 4. The maximum absolute atomic E-state index is 5.91. The van der Waals surface area contributed by atoms with Gasteiger partial charge in [-0.2, -0.15) is 10.2 Å². The van der Waals surface area contributed by atoms with Crippen LogP contribution in [0.1, 0.15) is 17.0 Å². The molecule has 136 valence electrons. The molecule has 1 saturated heterocycles. The Morgan fingerprint density at radius 3 is 2.73 bits per heavy atom. The van der Waals surface area contributed by atoms with Crippen molar-refractivity contribution >= 4 is 5.82 Å². The molecular weight excluding hydrogens is 330 g/mol. The standard InChI is InChI=1S/C18H23N7O/c1-13-7-20-24(10-13)12-16-11-23(4-5-26-16)17-8-19-9-18(21-17)25-15(3)6-14(2)22-25/h6-10,16H,4-5,11-12H2,1-3H3. The van der Waals surface area contributed by atoms with Crippen LogP contribution in [0.25, 0.3) is 5.82 Å². The minimum Gasteiger partial charge on any atom is -0.373 e. The SMILES string of the molecule is Cc1cnn(CC2CN(c3cncc(-n4nc(C)cc4C)n3)CCO2)c1. The number of hydrogen-bond donors (Lipinski definition) is 0. The second-order valence-electron chi connectivity index (χ2n) is 6.75. The van der Waals surface area contributed by atoms with Crippen molar-refractivity contribution in [2.45, 2.75) is 33.4 Å². The van der Waals surface area contributed by atoms with Crippen LogP contribution in [0, 0.1) is 20.8 Å². The number of morpholine rings is 1. The summed E-state index contributed by atoms with van der Waals surface area (Å²) >= 11 is 0. The fourth-order valence-electron chi connectivity index (χ4n) is 3.27. The molecule has 0 N–H and O–H groups in total. The first kappa shape index (κ1) is 16.7. The second kappa shape index (κ2) is 6.87. The molecule has 1 aliphatic rings. The molecule has 4 heterocycles. The van der Waals surface area contributed by atoms with Crippen LogP contribution in [-0.2, 0) is 11.3 Å². The maximum atomic E-state index is 5.91. The summed E-state index contributed by atoms with van der Waals surface area (Å²) in [7, 11) is 0. The lowest BCUT2D eigenvalue weighted by Gasteiger charge is -2.33. The van der Waals surface area contributed by atoms with Crippen molar-refractivity contribution in [2.24, 2.45) is 0 Å². The first-order chi connectivity index (χ1) is 12.6. The lowest BCUT2D eigenvalue weighted by Crippen LogP contribution is -2.44. The van der Waals surface area contributed by atoms with Gasteiger partial charge in [-0.05, 0) is 32.4 Å². The van der Waals surface area contributed by atoms with E-state index in [1.165, 1.54) is 0 Å².